The molecular formula is C20H21FN2O4S. The van der Waals surface area contributed by atoms with Crippen molar-refractivity contribution in [2.24, 2.45) is 0 Å². The van der Waals surface area contributed by atoms with Crippen molar-refractivity contribution in [3.8, 4) is 0 Å². The lowest BCUT2D eigenvalue weighted by Gasteiger charge is -2.32. The van der Waals surface area contributed by atoms with Crippen LogP contribution in [0.5, 0.6) is 0 Å². The Balaban J connectivity index is 1.52. The second kappa shape index (κ2) is 7.62. The van der Waals surface area contributed by atoms with Gasteiger partial charge in [-0.1, -0.05) is 12.1 Å². The normalized spacial score (nSPS) is 21.2. The number of hydrogen-bond acceptors (Lipinski definition) is 4. The molecule has 28 heavy (non-hydrogen) atoms. The van der Waals surface area contributed by atoms with Gasteiger partial charge in [-0.25, -0.2) is 12.8 Å². The average molecular weight is 404 g/mol. The first kappa shape index (κ1) is 19.0. The van der Waals surface area contributed by atoms with Gasteiger partial charge in [0.2, 0.25) is 15.9 Å². The van der Waals surface area contributed by atoms with E-state index in [-0.39, 0.29) is 36.3 Å². The molecule has 2 saturated heterocycles. The molecule has 2 aromatic rings. The Hall–Kier alpha value is -2.29. The fraction of sp³-hybridized carbons (Fsp3) is 0.350. The molecule has 1 unspecified atom stereocenters. The van der Waals surface area contributed by atoms with Gasteiger partial charge in [-0.3, -0.25) is 4.79 Å². The molecule has 6 nitrogen and oxygen atoms in total. The highest BCUT2D eigenvalue weighted by Crippen LogP contribution is 2.28. The Morgan fingerprint density at radius 3 is 2.36 bits per heavy atom. The molecule has 2 heterocycles. The van der Waals surface area contributed by atoms with E-state index >= 15 is 0 Å². The highest BCUT2D eigenvalue weighted by atomic mass is 32.2. The van der Waals surface area contributed by atoms with Crippen LogP contribution in [0, 0.1) is 5.82 Å². The second-order valence-corrected chi connectivity index (χ2v) is 8.85. The van der Waals surface area contributed by atoms with E-state index in [1.54, 1.807) is 41.3 Å². The fourth-order valence-corrected chi connectivity index (χ4v) is 5.02. The summed E-state index contributed by atoms with van der Waals surface area (Å²) in [5.74, 6) is -0.286. The zero-order valence-corrected chi connectivity index (χ0v) is 16.1. The number of carbonyl (C=O) groups excluding carboxylic acids is 1. The molecule has 0 N–H and O–H groups in total. The number of benzene rings is 2. The van der Waals surface area contributed by atoms with Crippen LogP contribution in [0.2, 0.25) is 0 Å². The van der Waals surface area contributed by atoms with Gasteiger partial charge in [0.25, 0.3) is 0 Å². The Morgan fingerprint density at radius 2 is 1.71 bits per heavy atom. The summed E-state index contributed by atoms with van der Waals surface area (Å²) < 4.78 is 46.3. The number of nitrogens with zero attached hydrogens (tertiary/aromatic N) is 2. The van der Waals surface area contributed by atoms with Gasteiger partial charge >= 0.3 is 0 Å². The highest BCUT2D eigenvalue weighted by molar-refractivity contribution is 7.89. The molecule has 1 atom stereocenters. The molecule has 0 spiro atoms. The SMILES string of the molecule is O=C1CCCN1c1ccc(S(=O)(=O)N2CCOC(c3ccc(F)cc3)C2)cc1. The van der Waals surface area contributed by atoms with Gasteiger partial charge < -0.3 is 9.64 Å². The summed E-state index contributed by atoms with van der Waals surface area (Å²) in [5, 5.41) is 0. The number of morpholine rings is 1. The van der Waals surface area contributed by atoms with Gasteiger partial charge in [0.05, 0.1) is 17.6 Å². The van der Waals surface area contributed by atoms with Crippen molar-refractivity contribution in [1.29, 1.82) is 0 Å². The quantitative estimate of drug-likeness (QED) is 0.786. The van der Waals surface area contributed by atoms with E-state index in [1.165, 1.54) is 16.4 Å². The minimum absolute atomic E-state index is 0.0610. The summed E-state index contributed by atoms with van der Waals surface area (Å²) in [5.41, 5.74) is 1.46. The van der Waals surface area contributed by atoms with Crippen LogP contribution in [0.15, 0.2) is 53.4 Å². The number of rotatable bonds is 4. The van der Waals surface area contributed by atoms with Crippen molar-refractivity contribution in [1.82, 2.24) is 4.31 Å². The van der Waals surface area contributed by atoms with E-state index < -0.39 is 16.1 Å². The van der Waals surface area contributed by atoms with Crippen LogP contribution in [0.25, 0.3) is 0 Å². The Morgan fingerprint density at radius 1 is 1.00 bits per heavy atom. The lowest BCUT2D eigenvalue weighted by atomic mass is 10.1. The summed E-state index contributed by atoms with van der Waals surface area (Å²) >= 11 is 0. The van der Waals surface area contributed by atoms with Gasteiger partial charge in [-0.2, -0.15) is 4.31 Å². The molecule has 2 aliphatic heterocycles. The average Bonchev–Trinajstić information content (AvgIpc) is 3.15. The monoisotopic (exact) mass is 404 g/mol. The largest absolute Gasteiger partial charge is 0.371 e. The molecule has 148 valence electrons. The zero-order valence-electron chi connectivity index (χ0n) is 15.3. The number of ether oxygens (including phenoxy) is 1. The first-order valence-electron chi connectivity index (χ1n) is 9.23. The Labute approximate surface area is 163 Å². The van der Waals surface area contributed by atoms with Crippen molar-refractivity contribution in [3.05, 3.63) is 59.9 Å². The zero-order chi connectivity index (χ0) is 19.7. The summed E-state index contributed by atoms with van der Waals surface area (Å²) in [6.45, 7) is 1.35. The van der Waals surface area contributed by atoms with Crippen molar-refractivity contribution >= 4 is 21.6 Å². The first-order valence-corrected chi connectivity index (χ1v) is 10.7. The molecule has 0 bridgehead atoms. The van der Waals surface area contributed by atoms with Crippen LogP contribution >= 0.6 is 0 Å². The lowest BCUT2D eigenvalue weighted by Crippen LogP contribution is -2.42. The smallest absolute Gasteiger partial charge is 0.243 e. The summed E-state index contributed by atoms with van der Waals surface area (Å²) in [7, 11) is -3.69. The third-order valence-corrected chi connectivity index (χ3v) is 7.01. The van der Waals surface area contributed by atoms with E-state index in [0.29, 0.717) is 18.7 Å². The maximum absolute atomic E-state index is 13.1. The highest BCUT2D eigenvalue weighted by Gasteiger charge is 2.32. The first-order chi connectivity index (χ1) is 13.4. The fourth-order valence-electron chi connectivity index (χ4n) is 3.59. The maximum atomic E-state index is 13.1. The lowest BCUT2D eigenvalue weighted by molar-refractivity contribution is -0.117. The Kier molecular flexibility index (Phi) is 5.18. The third-order valence-electron chi connectivity index (χ3n) is 5.13. The van der Waals surface area contributed by atoms with Crippen LogP contribution in [-0.4, -0.2) is 44.9 Å². The van der Waals surface area contributed by atoms with E-state index in [9.17, 15) is 17.6 Å². The van der Waals surface area contributed by atoms with Gasteiger partial charge in [-0.15, -0.1) is 0 Å². The van der Waals surface area contributed by atoms with Gasteiger partial charge in [0.15, 0.2) is 0 Å². The third kappa shape index (κ3) is 3.67. The van der Waals surface area contributed by atoms with Gasteiger partial charge in [-0.05, 0) is 48.4 Å². The van der Waals surface area contributed by atoms with Crippen LogP contribution in [0.3, 0.4) is 0 Å². The molecule has 2 aromatic carbocycles. The molecule has 8 heteroatoms. The van der Waals surface area contributed by atoms with E-state index in [1.807, 2.05) is 0 Å². The topological polar surface area (TPSA) is 66.9 Å². The van der Waals surface area contributed by atoms with Crippen molar-refractivity contribution in [3.63, 3.8) is 0 Å². The maximum Gasteiger partial charge on any atom is 0.243 e. The van der Waals surface area contributed by atoms with Crippen molar-refractivity contribution in [2.75, 3.05) is 31.1 Å². The number of amides is 1. The van der Waals surface area contributed by atoms with E-state index in [4.69, 9.17) is 4.74 Å². The summed E-state index contributed by atoms with van der Waals surface area (Å²) in [4.78, 5) is 13.7. The standard InChI is InChI=1S/C20H21FN2O4S/c21-16-5-3-15(4-6-16)19-14-22(12-13-27-19)28(25,26)18-9-7-17(8-10-18)23-11-1-2-20(23)24/h3-10,19H,1-2,11-14H2. The molecule has 0 aromatic heterocycles. The number of sulfonamides is 1. The van der Waals surface area contributed by atoms with Crippen LogP contribution in [0.4, 0.5) is 10.1 Å². The number of anilines is 1. The van der Waals surface area contributed by atoms with Gasteiger partial charge in [0, 0.05) is 31.7 Å². The Bertz CT molecular complexity index is 961. The molecule has 2 fully saturated rings. The number of carbonyl (C=O) groups is 1. The molecule has 1 amide bonds. The molecule has 4 rings (SSSR count). The number of hydrogen-bond donors (Lipinski definition) is 0. The second-order valence-electron chi connectivity index (χ2n) is 6.92. The van der Waals surface area contributed by atoms with Crippen molar-refractivity contribution in [2.45, 2.75) is 23.8 Å². The molecular weight excluding hydrogens is 383 g/mol. The summed E-state index contributed by atoms with van der Waals surface area (Å²) in [6.07, 6.45) is 0.904. The van der Waals surface area contributed by atoms with Crippen LogP contribution in [-0.2, 0) is 19.6 Å². The molecule has 0 aliphatic carbocycles. The molecule has 2 aliphatic rings. The number of halogens is 1. The van der Waals surface area contributed by atoms with Crippen molar-refractivity contribution < 1.29 is 22.3 Å². The van der Waals surface area contributed by atoms with E-state index in [2.05, 4.69) is 0 Å². The molecule has 0 saturated carbocycles. The minimum Gasteiger partial charge on any atom is -0.371 e. The van der Waals surface area contributed by atoms with Crippen LogP contribution < -0.4 is 4.90 Å². The van der Waals surface area contributed by atoms with Gasteiger partial charge in [0.1, 0.15) is 5.82 Å². The minimum atomic E-state index is -3.69. The predicted octanol–water partition coefficient (Wildman–Crippen LogP) is 2.71. The van der Waals surface area contributed by atoms with E-state index in [0.717, 1.165) is 12.0 Å². The summed E-state index contributed by atoms with van der Waals surface area (Å²) in [6, 6.07) is 12.3. The predicted molar refractivity (Wildman–Crippen MR) is 102 cm³/mol. The van der Waals surface area contributed by atoms with Crippen LogP contribution in [0.1, 0.15) is 24.5 Å². The molecule has 0 radical (unpaired) electrons.